The standard InChI is InChI=1S/C27H14F2N2O2/c28-25-5-1-3-19(23(25)14-30)17-9-12-21(20-4-2-6-26(29)24(20)15-31)22(13-17)27(33)16-7-10-18(32)11-8-16/h1-13,32H. The topological polar surface area (TPSA) is 84.9 Å². The first kappa shape index (κ1) is 21.4. The summed E-state index contributed by atoms with van der Waals surface area (Å²) in [5.74, 6) is -1.88. The zero-order valence-corrected chi connectivity index (χ0v) is 17.0. The highest BCUT2D eigenvalue weighted by Gasteiger charge is 2.21. The van der Waals surface area contributed by atoms with Crippen molar-refractivity contribution >= 4 is 5.78 Å². The SMILES string of the molecule is N#Cc1c(F)cccc1-c1ccc(-c2cccc(F)c2C#N)c(C(=O)c2ccc(O)cc2)c1. The molecule has 4 rings (SSSR count). The van der Waals surface area contributed by atoms with Gasteiger partial charge in [-0.05, 0) is 53.6 Å². The van der Waals surface area contributed by atoms with Gasteiger partial charge in [0.2, 0.25) is 0 Å². The van der Waals surface area contributed by atoms with Crippen LogP contribution in [0, 0.1) is 34.3 Å². The van der Waals surface area contributed by atoms with Gasteiger partial charge in [0.1, 0.15) is 29.5 Å². The molecule has 0 aromatic heterocycles. The van der Waals surface area contributed by atoms with Gasteiger partial charge < -0.3 is 5.11 Å². The number of carbonyl (C=O) groups excluding carboxylic acids is 1. The number of phenols is 1. The van der Waals surface area contributed by atoms with Crippen LogP contribution < -0.4 is 0 Å². The van der Waals surface area contributed by atoms with E-state index in [-0.39, 0.29) is 33.6 Å². The van der Waals surface area contributed by atoms with Gasteiger partial charge >= 0.3 is 0 Å². The number of phenolic OH excluding ortho intramolecular Hbond substituents is 1. The molecule has 0 unspecified atom stereocenters. The maximum atomic E-state index is 14.3. The molecule has 0 saturated heterocycles. The molecule has 6 heteroatoms. The maximum absolute atomic E-state index is 14.3. The Kier molecular flexibility index (Phi) is 5.67. The Morgan fingerprint density at radius 1 is 0.727 bits per heavy atom. The summed E-state index contributed by atoms with van der Waals surface area (Å²) in [4.78, 5) is 13.4. The van der Waals surface area contributed by atoms with Crippen molar-refractivity contribution in [3.63, 3.8) is 0 Å². The Bertz CT molecular complexity index is 1480. The molecular formula is C27H14F2N2O2. The van der Waals surface area contributed by atoms with E-state index in [0.29, 0.717) is 16.7 Å². The predicted octanol–water partition coefficient (Wildman–Crippen LogP) is 5.98. The number of halogens is 2. The lowest BCUT2D eigenvalue weighted by Gasteiger charge is -2.14. The summed E-state index contributed by atoms with van der Waals surface area (Å²) in [5.41, 5.74) is 1.24. The molecule has 0 aliphatic carbocycles. The quantitative estimate of drug-likeness (QED) is 0.399. The van der Waals surface area contributed by atoms with E-state index in [9.17, 15) is 29.2 Å². The average molecular weight is 436 g/mol. The molecule has 0 heterocycles. The number of carbonyl (C=O) groups is 1. The van der Waals surface area contributed by atoms with Gasteiger partial charge in [-0.15, -0.1) is 0 Å². The second-order valence-corrected chi connectivity index (χ2v) is 7.18. The molecule has 4 aromatic carbocycles. The average Bonchev–Trinajstić information content (AvgIpc) is 2.83. The van der Waals surface area contributed by atoms with E-state index in [2.05, 4.69) is 0 Å². The van der Waals surface area contributed by atoms with E-state index in [1.807, 2.05) is 12.1 Å². The summed E-state index contributed by atoms with van der Waals surface area (Å²) in [6.45, 7) is 0. The first-order valence-corrected chi connectivity index (χ1v) is 9.80. The Balaban J connectivity index is 1.99. The highest BCUT2D eigenvalue weighted by molar-refractivity contribution is 6.13. The van der Waals surface area contributed by atoms with Crippen LogP contribution in [-0.4, -0.2) is 10.9 Å². The number of rotatable bonds is 4. The first-order chi connectivity index (χ1) is 15.9. The van der Waals surface area contributed by atoms with Gasteiger partial charge in [0.25, 0.3) is 0 Å². The van der Waals surface area contributed by atoms with Crippen LogP contribution >= 0.6 is 0 Å². The molecule has 1 N–H and O–H groups in total. The lowest BCUT2D eigenvalue weighted by atomic mass is 9.88. The third-order valence-electron chi connectivity index (χ3n) is 5.25. The van der Waals surface area contributed by atoms with Crippen LogP contribution in [-0.2, 0) is 0 Å². The monoisotopic (exact) mass is 436 g/mol. The lowest BCUT2D eigenvalue weighted by molar-refractivity contribution is 0.103. The number of aromatic hydroxyl groups is 1. The number of hydrogen-bond acceptors (Lipinski definition) is 4. The van der Waals surface area contributed by atoms with Crippen molar-refractivity contribution in [2.75, 3.05) is 0 Å². The summed E-state index contributed by atoms with van der Waals surface area (Å²) in [6, 6.07) is 22.2. The Morgan fingerprint density at radius 2 is 1.30 bits per heavy atom. The fourth-order valence-corrected chi connectivity index (χ4v) is 3.64. The van der Waals surface area contributed by atoms with Gasteiger partial charge in [-0.1, -0.05) is 36.4 Å². The van der Waals surface area contributed by atoms with Gasteiger partial charge in [-0.25, -0.2) is 8.78 Å². The van der Waals surface area contributed by atoms with Crippen molar-refractivity contribution in [1.82, 2.24) is 0 Å². The lowest BCUT2D eigenvalue weighted by Crippen LogP contribution is -2.05. The molecule has 0 spiro atoms. The Hall–Kier alpha value is -4.81. The van der Waals surface area contributed by atoms with E-state index in [1.165, 1.54) is 54.6 Å². The second-order valence-electron chi connectivity index (χ2n) is 7.18. The number of ketones is 1. The Labute approximate surface area is 188 Å². The molecule has 0 radical (unpaired) electrons. The fourth-order valence-electron chi connectivity index (χ4n) is 3.64. The molecule has 0 fully saturated rings. The molecule has 0 aliphatic rings. The molecular weight excluding hydrogens is 422 g/mol. The smallest absolute Gasteiger partial charge is 0.193 e. The van der Waals surface area contributed by atoms with Crippen LogP contribution in [0.5, 0.6) is 5.75 Å². The van der Waals surface area contributed by atoms with Gasteiger partial charge in [-0.3, -0.25) is 4.79 Å². The van der Waals surface area contributed by atoms with Gasteiger partial charge in [-0.2, -0.15) is 10.5 Å². The summed E-state index contributed by atoms with van der Waals surface area (Å²) in [6.07, 6.45) is 0. The molecule has 158 valence electrons. The molecule has 33 heavy (non-hydrogen) atoms. The summed E-state index contributed by atoms with van der Waals surface area (Å²) in [7, 11) is 0. The van der Waals surface area contributed by atoms with Crippen molar-refractivity contribution in [3.8, 4) is 40.1 Å². The highest BCUT2D eigenvalue weighted by Crippen LogP contribution is 2.34. The minimum Gasteiger partial charge on any atom is -0.508 e. The molecule has 0 aliphatic heterocycles. The zero-order valence-electron chi connectivity index (χ0n) is 17.0. The minimum absolute atomic E-state index is 0.0177. The van der Waals surface area contributed by atoms with Crippen LogP contribution in [0.3, 0.4) is 0 Å². The van der Waals surface area contributed by atoms with Crippen LogP contribution in [0.4, 0.5) is 8.78 Å². The summed E-state index contributed by atoms with van der Waals surface area (Å²) >= 11 is 0. The molecule has 4 nitrogen and oxygen atoms in total. The predicted molar refractivity (Wildman–Crippen MR) is 118 cm³/mol. The van der Waals surface area contributed by atoms with Gasteiger partial charge in [0, 0.05) is 22.3 Å². The third-order valence-corrected chi connectivity index (χ3v) is 5.25. The van der Waals surface area contributed by atoms with E-state index in [0.717, 1.165) is 6.07 Å². The normalized spacial score (nSPS) is 10.3. The number of hydrogen-bond donors (Lipinski definition) is 1. The highest BCUT2D eigenvalue weighted by atomic mass is 19.1. The van der Waals surface area contributed by atoms with Crippen LogP contribution in [0.25, 0.3) is 22.3 Å². The number of nitriles is 2. The fraction of sp³-hybridized carbons (Fsp3) is 0. The van der Waals surface area contributed by atoms with Crippen LogP contribution in [0.15, 0.2) is 78.9 Å². The van der Waals surface area contributed by atoms with E-state index in [4.69, 9.17) is 0 Å². The van der Waals surface area contributed by atoms with Crippen LogP contribution in [0.2, 0.25) is 0 Å². The number of benzene rings is 4. The van der Waals surface area contributed by atoms with Crippen LogP contribution in [0.1, 0.15) is 27.0 Å². The van der Waals surface area contributed by atoms with Crippen molar-refractivity contribution in [2.24, 2.45) is 0 Å². The molecule has 4 aromatic rings. The van der Waals surface area contributed by atoms with Crippen molar-refractivity contribution in [3.05, 3.63) is 113 Å². The summed E-state index contributed by atoms with van der Waals surface area (Å²) in [5, 5.41) is 28.5. The van der Waals surface area contributed by atoms with Gasteiger partial charge in [0.15, 0.2) is 5.78 Å². The van der Waals surface area contributed by atoms with Crippen molar-refractivity contribution in [2.45, 2.75) is 0 Å². The van der Waals surface area contributed by atoms with E-state index in [1.54, 1.807) is 18.2 Å². The first-order valence-electron chi connectivity index (χ1n) is 9.80. The van der Waals surface area contributed by atoms with Gasteiger partial charge in [0.05, 0.1) is 11.1 Å². The minimum atomic E-state index is -0.723. The molecule has 0 atom stereocenters. The summed E-state index contributed by atoms with van der Waals surface area (Å²) < 4.78 is 28.5. The largest absolute Gasteiger partial charge is 0.508 e. The molecule has 0 amide bonds. The molecule has 0 saturated carbocycles. The number of nitrogens with zero attached hydrogens (tertiary/aromatic N) is 2. The second kappa shape index (κ2) is 8.74. The Morgan fingerprint density at radius 3 is 1.91 bits per heavy atom. The van der Waals surface area contributed by atoms with E-state index >= 15 is 0 Å². The zero-order chi connectivity index (χ0) is 23.5. The van der Waals surface area contributed by atoms with Crippen molar-refractivity contribution < 1.29 is 18.7 Å². The molecule has 0 bridgehead atoms. The van der Waals surface area contributed by atoms with Crippen molar-refractivity contribution in [1.29, 1.82) is 10.5 Å². The third kappa shape index (κ3) is 3.94. The van der Waals surface area contributed by atoms with E-state index < -0.39 is 17.4 Å². The maximum Gasteiger partial charge on any atom is 0.193 e.